The standard InChI is InChI=1S/C14H23N3O4/c1-10(13(18)19)4-3-5-11(2)16-14(20)17-6-7-21-12(8-15)9-17/h10-12H,3-7,9H2,1-2H3,(H,16,20)(H,18,19). The van der Waals surface area contributed by atoms with Crippen LogP contribution in [0.25, 0.3) is 0 Å². The van der Waals surface area contributed by atoms with Crippen LogP contribution in [0.3, 0.4) is 0 Å². The predicted molar refractivity (Wildman–Crippen MR) is 75.6 cm³/mol. The number of carbonyl (C=O) groups excluding carboxylic acids is 1. The molecule has 0 bridgehead atoms. The zero-order valence-corrected chi connectivity index (χ0v) is 12.5. The number of carboxylic acids is 1. The zero-order valence-electron chi connectivity index (χ0n) is 12.5. The zero-order chi connectivity index (χ0) is 15.8. The summed E-state index contributed by atoms with van der Waals surface area (Å²) in [4.78, 5) is 24.3. The highest BCUT2D eigenvalue weighted by Crippen LogP contribution is 2.10. The first-order chi connectivity index (χ1) is 9.93. The smallest absolute Gasteiger partial charge is 0.317 e. The van der Waals surface area contributed by atoms with Gasteiger partial charge < -0.3 is 20.1 Å². The average molecular weight is 297 g/mol. The third-order valence-electron chi connectivity index (χ3n) is 3.56. The highest BCUT2D eigenvalue weighted by Gasteiger charge is 2.24. The first kappa shape index (κ1) is 17.2. The van der Waals surface area contributed by atoms with Crippen molar-refractivity contribution in [3.05, 3.63) is 0 Å². The van der Waals surface area contributed by atoms with Gasteiger partial charge in [0, 0.05) is 12.6 Å². The van der Waals surface area contributed by atoms with Crippen molar-refractivity contribution < 1.29 is 19.4 Å². The SMILES string of the molecule is CC(CCCC(C)C(=O)O)NC(=O)N1CCOC(C#N)C1. The highest BCUT2D eigenvalue weighted by atomic mass is 16.5. The van der Waals surface area contributed by atoms with Crippen molar-refractivity contribution in [2.45, 2.75) is 45.3 Å². The van der Waals surface area contributed by atoms with Gasteiger partial charge in [0.25, 0.3) is 0 Å². The second kappa shape index (κ2) is 8.47. The van der Waals surface area contributed by atoms with E-state index >= 15 is 0 Å². The molecule has 3 unspecified atom stereocenters. The summed E-state index contributed by atoms with van der Waals surface area (Å²) in [5.41, 5.74) is 0. The van der Waals surface area contributed by atoms with Crippen molar-refractivity contribution >= 4 is 12.0 Å². The van der Waals surface area contributed by atoms with E-state index in [1.54, 1.807) is 11.8 Å². The molecule has 118 valence electrons. The summed E-state index contributed by atoms with van der Waals surface area (Å²) in [6.07, 6.45) is 1.52. The summed E-state index contributed by atoms with van der Waals surface area (Å²) in [6, 6.07) is 1.78. The number of aliphatic carboxylic acids is 1. The minimum Gasteiger partial charge on any atom is -0.481 e. The van der Waals surface area contributed by atoms with Crippen LogP contribution in [-0.4, -0.2) is 53.8 Å². The quantitative estimate of drug-likeness (QED) is 0.767. The Bertz CT molecular complexity index is 408. The number of nitrogens with zero attached hydrogens (tertiary/aromatic N) is 2. The molecule has 1 aliphatic rings. The molecule has 0 spiro atoms. The summed E-state index contributed by atoms with van der Waals surface area (Å²) in [5.74, 6) is -1.15. The number of ether oxygens (including phenoxy) is 1. The van der Waals surface area contributed by atoms with E-state index in [1.165, 1.54) is 0 Å². The molecule has 3 atom stereocenters. The van der Waals surface area contributed by atoms with E-state index in [4.69, 9.17) is 15.1 Å². The largest absolute Gasteiger partial charge is 0.481 e. The van der Waals surface area contributed by atoms with Crippen molar-refractivity contribution in [1.82, 2.24) is 10.2 Å². The lowest BCUT2D eigenvalue weighted by Crippen LogP contribution is -2.51. The number of nitrogens with one attached hydrogen (secondary N) is 1. The number of amides is 2. The Hall–Kier alpha value is -1.81. The monoisotopic (exact) mass is 297 g/mol. The molecule has 0 aliphatic carbocycles. The molecule has 0 aromatic rings. The fourth-order valence-corrected chi connectivity index (χ4v) is 2.14. The molecule has 0 aromatic carbocycles. The van der Waals surface area contributed by atoms with Crippen LogP contribution in [0.1, 0.15) is 33.1 Å². The first-order valence-corrected chi connectivity index (χ1v) is 7.23. The lowest BCUT2D eigenvalue weighted by molar-refractivity contribution is -0.141. The lowest BCUT2D eigenvalue weighted by Gasteiger charge is -2.31. The van der Waals surface area contributed by atoms with Crippen molar-refractivity contribution in [3.63, 3.8) is 0 Å². The lowest BCUT2D eigenvalue weighted by atomic mass is 10.0. The molecule has 2 N–H and O–H groups in total. The molecular weight excluding hydrogens is 274 g/mol. The van der Waals surface area contributed by atoms with Gasteiger partial charge in [-0.2, -0.15) is 5.26 Å². The predicted octanol–water partition coefficient (Wildman–Crippen LogP) is 1.20. The molecule has 1 saturated heterocycles. The number of morpholine rings is 1. The van der Waals surface area contributed by atoms with E-state index in [2.05, 4.69) is 5.32 Å². The van der Waals surface area contributed by atoms with E-state index < -0.39 is 12.1 Å². The maximum Gasteiger partial charge on any atom is 0.317 e. The number of hydrogen-bond donors (Lipinski definition) is 2. The number of rotatable bonds is 6. The molecule has 2 amide bonds. The van der Waals surface area contributed by atoms with Crippen LogP contribution in [0.2, 0.25) is 0 Å². The molecule has 0 radical (unpaired) electrons. The van der Waals surface area contributed by atoms with E-state index in [9.17, 15) is 9.59 Å². The molecule has 1 heterocycles. The van der Waals surface area contributed by atoms with Crippen LogP contribution in [0.5, 0.6) is 0 Å². The summed E-state index contributed by atoms with van der Waals surface area (Å²) < 4.78 is 5.19. The third kappa shape index (κ3) is 6.00. The van der Waals surface area contributed by atoms with Crippen LogP contribution in [0.15, 0.2) is 0 Å². The van der Waals surface area contributed by atoms with Gasteiger partial charge in [0.15, 0.2) is 6.10 Å². The number of urea groups is 1. The summed E-state index contributed by atoms with van der Waals surface area (Å²) in [7, 11) is 0. The van der Waals surface area contributed by atoms with Crippen molar-refractivity contribution in [1.29, 1.82) is 5.26 Å². The minimum atomic E-state index is -0.789. The maximum absolute atomic E-state index is 12.0. The van der Waals surface area contributed by atoms with E-state index in [0.29, 0.717) is 19.6 Å². The fourth-order valence-electron chi connectivity index (χ4n) is 2.14. The van der Waals surface area contributed by atoms with E-state index in [0.717, 1.165) is 12.8 Å². The normalized spacial score (nSPS) is 21.2. The van der Waals surface area contributed by atoms with Crippen LogP contribution in [-0.2, 0) is 9.53 Å². The molecule has 1 rings (SSSR count). The summed E-state index contributed by atoms with van der Waals surface area (Å²) in [5, 5.41) is 20.5. The van der Waals surface area contributed by atoms with Crippen LogP contribution in [0.4, 0.5) is 4.79 Å². The van der Waals surface area contributed by atoms with Gasteiger partial charge in [-0.1, -0.05) is 13.3 Å². The van der Waals surface area contributed by atoms with Gasteiger partial charge in [-0.25, -0.2) is 4.79 Å². The Morgan fingerprint density at radius 2 is 2.19 bits per heavy atom. The molecule has 7 nitrogen and oxygen atoms in total. The Balaban J connectivity index is 2.27. The molecule has 21 heavy (non-hydrogen) atoms. The molecule has 1 aliphatic heterocycles. The molecule has 0 saturated carbocycles. The van der Waals surface area contributed by atoms with Gasteiger partial charge in [0.2, 0.25) is 0 Å². The third-order valence-corrected chi connectivity index (χ3v) is 3.56. The van der Waals surface area contributed by atoms with Crippen molar-refractivity contribution in [3.8, 4) is 6.07 Å². The topological polar surface area (TPSA) is 103 Å². The number of carbonyl (C=O) groups is 2. The van der Waals surface area contributed by atoms with Crippen molar-refractivity contribution in [2.75, 3.05) is 19.7 Å². The Labute approximate surface area is 124 Å². The maximum atomic E-state index is 12.0. The fraction of sp³-hybridized carbons (Fsp3) is 0.786. The molecule has 0 aromatic heterocycles. The van der Waals surface area contributed by atoms with E-state index in [1.807, 2.05) is 13.0 Å². The van der Waals surface area contributed by atoms with Gasteiger partial charge in [-0.05, 0) is 19.8 Å². The van der Waals surface area contributed by atoms with Crippen LogP contribution in [0, 0.1) is 17.2 Å². The van der Waals surface area contributed by atoms with Gasteiger partial charge in [0.05, 0.1) is 25.1 Å². The minimum absolute atomic E-state index is 0.0260. The Morgan fingerprint density at radius 3 is 2.81 bits per heavy atom. The second-order valence-electron chi connectivity index (χ2n) is 5.46. The number of carboxylic acid groups (broad SMARTS) is 1. The summed E-state index contributed by atoms with van der Waals surface area (Å²) in [6.45, 7) is 4.71. The van der Waals surface area contributed by atoms with Gasteiger partial charge >= 0.3 is 12.0 Å². The molecule has 1 fully saturated rings. The van der Waals surface area contributed by atoms with Gasteiger partial charge in [0.1, 0.15) is 0 Å². The summed E-state index contributed by atoms with van der Waals surface area (Å²) >= 11 is 0. The molecule has 7 heteroatoms. The number of nitriles is 1. The molecular formula is C14H23N3O4. The van der Waals surface area contributed by atoms with Gasteiger partial charge in [-0.3, -0.25) is 4.79 Å². The Morgan fingerprint density at radius 1 is 1.48 bits per heavy atom. The number of hydrogen-bond acceptors (Lipinski definition) is 4. The van der Waals surface area contributed by atoms with Crippen LogP contribution < -0.4 is 5.32 Å². The van der Waals surface area contributed by atoms with Gasteiger partial charge in [-0.15, -0.1) is 0 Å². The Kier molecular flexibility index (Phi) is 6.96. The van der Waals surface area contributed by atoms with E-state index in [-0.39, 0.29) is 24.5 Å². The second-order valence-corrected chi connectivity index (χ2v) is 5.46. The highest BCUT2D eigenvalue weighted by molar-refractivity contribution is 5.74. The van der Waals surface area contributed by atoms with Crippen LogP contribution >= 0.6 is 0 Å². The first-order valence-electron chi connectivity index (χ1n) is 7.23. The average Bonchev–Trinajstić information content (AvgIpc) is 2.46. The van der Waals surface area contributed by atoms with Crippen molar-refractivity contribution in [2.24, 2.45) is 5.92 Å².